The van der Waals surface area contributed by atoms with Crippen molar-refractivity contribution in [3.63, 3.8) is 0 Å². The van der Waals surface area contributed by atoms with E-state index in [1.165, 1.54) is 21.2 Å². The number of rotatable bonds is 4. The molecular weight excluding hydrogens is 412 g/mol. The number of benzene rings is 2. The highest BCUT2D eigenvalue weighted by atomic mass is 79.9. The van der Waals surface area contributed by atoms with E-state index in [0.717, 1.165) is 15.4 Å². The SMILES string of the molecule is NNC(Cc1cc(Br)cs1)c1ccc2cc(Br)ccc2c1. The Bertz CT molecular complexity index is 770. The van der Waals surface area contributed by atoms with Crippen molar-refractivity contribution < 1.29 is 0 Å². The van der Waals surface area contributed by atoms with Crippen molar-refractivity contribution in [1.29, 1.82) is 0 Å². The first-order valence-corrected chi connectivity index (χ1v) is 9.00. The number of hydrazine groups is 1. The van der Waals surface area contributed by atoms with Gasteiger partial charge in [0.1, 0.15) is 0 Å². The van der Waals surface area contributed by atoms with E-state index in [0.29, 0.717) is 0 Å². The lowest BCUT2D eigenvalue weighted by Crippen LogP contribution is -2.29. The number of hydrogen-bond donors (Lipinski definition) is 2. The topological polar surface area (TPSA) is 38.0 Å². The molecule has 2 nitrogen and oxygen atoms in total. The average Bonchev–Trinajstić information content (AvgIpc) is 2.89. The van der Waals surface area contributed by atoms with Crippen molar-refractivity contribution >= 4 is 54.0 Å². The summed E-state index contributed by atoms with van der Waals surface area (Å²) in [5.74, 6) is 5.76. The van der Waals surface area contributed by atoms with Gasteiger partial charge in [0, 0.05) is 25.6 Å². The van der Waals surface area contributed by atoms with Crippen LogP contribution < -0.4 is 11.3 Å². The maximum atomic E-state index is 5.76. The number of fused-ring (bicyclic) bond motifs is 1. The Morgan fingerprint density at radius 3 is 2.48 bits per heavy atom. The van der Waals surface area contributed by atoms with Gasteiger partial charge in [-0.3, -0.25) is 11.3 Å². The van der Waals surface area contributed by atoms with Gasteiger partial charge in [-0.25, -0.2) is 0 Å². The molecule has 0 saturated carbocycles. The molecule has 5 heteroatoms. The zero-order chi connectivity index (χ0) is 14.8. The third-order valence-electron chi connectivity index (χ3n) is 3.46. The Morgan fingerprint density at radius 1 is 1.00 bits per heavy atom. The van der Waals surface area contributed by atoms with Gasteiger partial charge in [0.2, 0.25) is 0 Å². The van der Waals surface area contributed by atoms with Gasteiger partial charge in [-0.15, -0.1) is 11.3 Å². The lowest BCUT2D eigenvalue weighted by Gasteiger charge is -2.16. The molecule has 0 saturated heterocycles. The molecule has 0 bridgehead atoms. The van der Waals surface area contributed by atoms with Crippen molar-refractivity contribution in [2.45, 2.75) is 12.5 Å². The molecule has 2 aromatic carbocycles. The molecule has 0 aliphatic heterocycles. The summed E-state index contributed by atoms with van der Waals surface area (Å²) in [7, 11) is 0. The third-order valence-corrected chi connectivity index (χ3v) is 5.67. The van der Waals surface area contributed by atoms with Crippen LogP contribution in [0.2, 0.25) is 0 Å². The van der Waals surface area contributed by atoms with E-state index >= 15 is 0 Å². The minimum atomic E-state index is 0.114. The third kappa shape index (κ3) is 3.55. The molecule has 0 radical (unpaired) electrons. The number of nitrogens with two attached hydrogens (primary N) is 1. The van der Waals surface area contributed by atoms with Crippen LogP contribution in [0.15, 0.2) is 56.8 Å². The van der Waals surface area contributed by atoms with Crippen LogP contribution in [0, 0.1) is 0 Å². The van der Waals surface area contributed by atoms with Crippen molar-refractivity contribution in [2.75, 3.05) is 0 Å². The molecule has 0 aliphatic carbocycles. The smallest absolute Gasteiger partial charge is 0.0508 e. The van der Waals surface area contributed by atoms with Crippen molar-refractivity contribution in [1.82, 2.24) is 5.43 Å². The van der Waals surface area contributed by atoms with Crippen LogP contribution in [0.1, 0.15) is 16.5 Å². The van der Waals surface area contributed by atoms with Gasteiger partial charge in [0.05, 0.1) is 6.04 Å². The molecular formula is C16H14Br2N2S. The summed E-state index contributed by atoms with van der Waals surface area (Å²) >= 11 is 8.74. The second kappa shape index (κ2) is 6.58. The molecule has 1 heterocycles. The van der Waals surface area contributed by atoms with Gasteiger partial charge in [-0.05, 0) is 56.5 Å². The monoisotopic (exact) mass is 424 g/mol. The second-order valence-corrected chi connectivity index (χ2v) is 7.73. The Balaban J connectivity index is 1.91. The molecule has 0 fully saturated rings. The van der Waals surface area contributed by atoms with Crippen molar-refractivity contribution in [2.24, 2.45) is 5.84 Å². The van der Waals surface area contributed by atoms with Crippen LogP contribution in [0.4, 0.5) is 0 Å². The van der Waals surface area contributed by atoms with Gasteiger partial charge >= 0.3 is 0 Å². The fourth-order valence-electron chi connectivity index (χ4n) is 2.39. The van der Waals surface area contributed by atoms with Crippen LogP contribution in [0.5, 0.6) is 0 Å². The fraction of sp³-hybridized carbons (Fsp3) is 0.125. The highest BCUT2D eigenvalue weighted by molar-refractivity contribution is 9.10. The number of halogens is 2. The molecule has 3 N–H and O–H groups in total. The second-order valence-electron chi connectivity index (χ2n) is 4.91. The zero-order valence-corrected chi connectivity index (χ0v) is 15.1. The Kier molecular flexibility index (Phi) is 4.76. The summed E-state index contributed by atoms with van der Waals surface area (Å²) in [4.78, 5) is 1.31. The highest BCUT2D eigenvalue weighted by Gasteiger charge is 2.12. The molecule has 3 rings (SSSR count). The standard InChI is InChI=1S/C16H14Br2N2S/c17-13-4-3-10-5-12(2-1-11(10)6-13)16(20-19)8-15-7-14(18)9-21-15/h1-7,9,16,20H,8,19H2. The summed E-state index contributed by atoms with van der Waals surface area (Å²) in [6.07, 6.45) is 0.884. The Hall–Kier alpha value is -0.720. The molecule has 0 amide bonds. The summed E-state index contributed by atoms with van der Waals surface area (Å²) in [5, 5.41) is 4.55. The van der Waals surface area contributed by atoms with Crippen LogP contribution in [-0.4, -0.2) is 0 Å². The minimum Gasteiger partial charge on any atom is -0.271 e. The largest absolute Gasteiger partial charge is 0.271 e. The number of hydrogen-bond acceptors (Lipinski definition) is 3. The summed E-state index contributed by atoms with van der Waals surface area (Å²) < 4.78 is 2.22. The Labute approximate surface area is 144 Å². The maximum absolute atomic E-state index is 5.76. The zero-order valence-electron chi connectivity index (χ0n) is 11.1. The molecule has 1 atom stereocenters. The van der Waals surface area contributed by atoms with Crippen molar-refractivity contribution in [3.05, 3.63) is 67.2 Å². The molecule has 21 heavy (non-hydrogen) atoms. The fourth-order valence-corrected chi connectivity index (χ4v) is 4.26. The first-order chi connectivity index (χ1) is 10.2. The minimum absolute atomic E-state index is 0.114. The summed E-state index contributed by atoms with van der Waals surface area (Å²) in [6, 6.07) is 15.1. The average molecular weight is 426 g/mol. The molecule has 1 aromatic heterocycles. The van der Waals surface area contributed by atoms with Crippen LogP contribution >= 0.6 is 43.2 Å². The lowest BCUT2D eigenvalue weighted by atomic mass is 10.00. The van der Waals surface area contributed by atoms with E-state index in [9.17, 15) is 0 Å². The molecule has 108 valence electrons. The van der Waals surface area contributed by atoms with E-state index in [4.69, 9.17) is 5.84 Å². The summed E-state index contributed by atoms with van der Waals surface area (Å²) in [6.45, 7) is 0. The van der Waals surface area contributed by atoms with Gasteiger partial charge in [-0.1, -0.05) is 34.1 Å². The first kappa shape index (κ1) is 15.2. The van der Waals surface area contributed by atoms with E-state index in [2.05, 4.69) is 85.1 Å². The molecule has 3 aromatic rings. The molecule has 0 aliphatic rings. The maximum Gasteiger partial charge on any atom is 0.0508 e. The van der Waals surface area contributed by atoms with Gasteiger partial charge in [0.25, 0.3) is 0 Å². The highest BCUT2D eigenvalue weighted by Crippen LogP contribution is 2.28. The van der Waals surface area contributed by atoms with Gasteiger partial charge < -0.3 is 0 Å². The lowest BCUT2D eigenvalue weighted by molar-refractivity contribution is 0.556. The molecule has 0 spiro atoms. The van der Waals surface area contributed by atoms with Gasteiger partial charge in [0.15, 0.2) is 0 Å². The van der Waals surface area contributed by atoms with E-state index in [1.54, 1.807) is 11.3 Å². The van der Waals surface area contributed by atoms with E-state index in [-0.39, 0.29) is 6.04 Å². The van der Waals surface area contributed by atoms with Crippen LogP contribution in [0.3, 0.4) is 0 Å². The van der Waals surface area contributed by atoms with Crippen LogP contribution in [-0.2, 0) is 6.42 Å². The Morgan fingerprint density at radius 2 is 1.76 bits per heavy atom. The number of nitrogens with one attached hydrogen (secondary N) is 1. The normalized spacial score (nSPS) is 12.7. The van der Waals surface area contributed by atoms with E-state index in [1.807, 2.05) is 0 Å². The first-order valence-electron chi connectivity index (χ1n) is 6.54. The van der Waals surface area contributed by atoms with Crippen LogP contribution in [0.25, 0.3) is 10.8 Å². The van der Waals surface area contributed by atoms with Crippen molar-refractivity contribution in [3.8, 4) is 0 Å². The predicted octanol–water partition coefficient (Wildman–Crippen LogP) is 5.17. The predicted molar refractivity (Wildman–Crippen MR) is 97.4 cm³/mol. The van der Waals surface area contributed by atoms with E-state index < -0.39 is 0 Å². The van der Waals surface area contributed by atoms with Gasteiger partial charge in [-0.2, -0.15) is 0 Å². The molecule has 1 unspecified atom stereocenters. The quantitative estimate of drug-likeness (QED) is 0.446. The number of thiophene rings is 1. The summed E-state index contributed by atoms with van der Waals surface area (Å²) in [5.41, 5.74) is 4.14.